The Balaban J connectivity index is 1.78. The Labute approximate surface area is 182 Å². The zero-order valence-electron chi connectivity index (χ0n) is 17.0. The van der Waals surface area contributed by atoms with Gasteiger partial charge in [0, 0.05) is 42.1 Å². The van der Waals surface area contributed by atoms with Crippen LogP contribution in [0.5, 0.6) is 0 Å². The van der Waals surface area contributed by atoms with Crippen LogP contribution in [0, 0.1) is 12.8 Å². The van der Waals surface area contributed by atoms with E-state index in [9.17, 15) is 19.2 Å². The van der Waals surface area contributed by atoms with Gasteiger partial charge in [-0.25, -0.2) is 9.78 Å². The van der Waals surface area contributed by atoms with Crippen LogP contribution in [0.25, 0.3) is 11.3 Å². The van der Waals surface area contributed by atoms with Gasteiger partial charge in [-0.2, -0.15) is 0 Å². The van der Waals surface area contributed by atoms with Crippen LogP contribution in [0.3, 0.4) is 0 Å². The Kier molecular flexibility index (Phi) is 6.91. The van der Waals surface area contributed by atoms with Gasteiger partial charge < -0.3 is 15.4 Å². The molecular weight excluding hydrogens is 426 g/mol. The molecule has 1 unspecified atom stereocenters. The summed E-state index contributed by atoms with van der Waals surface area (Å²) in [6.07, 6.45) is -0.317. The van der Waals surface area contributed by atoms with E-state index in [-0.39, 0.29) is 24.3 Å². The smallest absolute Gasteiger partial charge is 0.411 e. The monoisotopic (exact) mass is 447 g/mol. The van der Waals surface area contributed by atoms with Crippen LogP contribution < -0.4 is 21.5 Å². The van der Waals surface area contributed by atoms with Gasteiger partial charge in [0.15, 0.2) is 0 Å². The zero-order valence-corrected chi connectivity index (χ0v) is 17.8. The van der Waals surface area contributed by atoms with Crippen molar-refractivity contribution in [1.82, 2.24) is 20.2 Å². The minimum atomic E-state index is -0.690. The standard InChI is InChI=1S/C20H22ClN5O5/c1-11-24-16(14-4-3-13(21)6-15(14)25-20(30)31-2)7-19(29)26(11)10-18(28)23-9-12-5-17(27)22-8-12/h3-4,6-7,12H,5,8-10H2,1-2H3,(H,22,27)(H,23,28)(H,25,30). The lowest BCUT2D eigenvalue weighted by molar-refractivity contribution is -0.122. The van der Waals surface area contributed by atoms with Gasteiger partial charge in [0.1, 0.15) is 12.4 Å². The number of hydrogen-bond donors (Lipinski definition) is 3. The highest BCUT2D eigenvalue weighted by molar-refractivity contribution is 6.31. The van der Waals surface area contributed by atoms with E-state index in [1.54, 1.807) is 19.1 Å². The number of halogens is 1. The highest BCUT2D eigenvalue weighted by Gasteiger charge is 2.22. The second-order valence-electron chi connectivity index (χ2n) is 7.10. The second kappa shape index (κ2) is 9.61. The number of aryl methyl sites for hydroxylation is 1. The highest BCUT2D eigenvalue weighted by Crippen LogP contribution is 2.29. The van der Waals surface area contributed by atoms with E-state index in [1.165, 1.54) is 23.8 Å². The van der Waals surface area contributed by atoms with Crippen LogP contribution in [0.2, 0.25) is 5.02 Å². The van der Waals surface area contributed by atoms with Gasteiger partial charge in [-0.05, 0) is 25.1 Å². The highest BCUT2D eigenvalue weighted by atomic mass is 35.5. The van der Waals surface area contributed by atoms with Gasteiger partial charge in [0.05, 0.1) is 18.5 Å². The van der Waals surface area contributed by atoms with Crippen molar-refractivity contribution in [2.24, 2.45) is 5.92 Å². The molecular formula is C20H22ClN5O5. The third-order valence-corrected chi connectivity index (χ3v) is 5.07. The minimum Gasteiger partial charge on any atom is -0.453 e. The number of anilines is 1. The fraction of sp³-hybridized carbons (Fsp3) is 0.350. The number of ether oxygens (including phenoxy) is 1. The summed E-state index contributed by atoms with van der Waals surface area (Å²) in [6.45, 7) is 2.29. The minimum absolute atomic E-state index is 0.0330. The Morgan fingerprint density at radius 1 is 1.32 bits per heavy atom. The van der Waals surface area contributed by atoms with Crippen molar-refractivity contribution in [3.63, 3.8) is 0 Å². The Morgan fingerprint density at radius 2 is 2.10 bits per heavy atom. The first-order valence-corrected chi connectivity index (χ1v) is 9.91. The molecule has 1 fully saturated rings. The number of nitrogens with one attached hydrogen (secondary N) is 3. The summed E-state index contributed by atoms with van der Waals surface area (Å²) >= 11 is 6.02. The summed E-state index contributed by atoms with van der Waals surface area (Å²) in [5.74, 6) is -0.0114. The number of rotatable bonds is 6. The number of amides is 3. The molecule has 1 aliphatic heterocycles. The summed E-state index contributed by atoms with van der Waals surface area (Å²) in [6, 6.07) is 6.04. The van der Waals surface area contributed by atoms with E-state index in [1.807, 2.05) is 0 Å². The van der Waals surface area contributed by atoms with E-state index in [0.717, 1.165) is 0 Å². The van der Waals surface area contributed by atoms with Crippen molar-refractivity contribution in [2.75, 3.05) is 25.5 Å². The van der Waals surface area contributed by atoms with Crippen LogP contribution in [0.1, 0.15) is 12.2 Å². The predicted octanol–water partition coefficient (Wildman–Crippen LogP) is 1.30. The summed E-state index contributed by atoms with van der Waals surface area (Å²) in [7, 11) is 1.23. The molecule has 31 heavy (non-hydrogen) atoms. The topological polar surface area (TPSA) is 131 Å². The molecule has 1 aliphatic rings. The molecule has 0 radical (unpaired) electrons. The van der Waals surface area contributed by atoms with E-state index in [4.69, 9.17) is 11.6 Å². The third kappa shape index (κ3) is 5.60. The van der Waals surface area contributed by atoms with Crippen molar-refractivity contribution in [3.05, 3.63) is 45.5 Å². The summed E-state index contributed by atoms with van der Waals surface area (Å²) in [4.78, 5) is 52.2. The first-order valence-electron chi connectivity index (χ1n) is 9.53. The first kappa shape index (κ1) is 22.3. The quantitative estimate of drug-likeness (QED) is 0.611. The Bertz CT molecular complexity index is 1080. The van der Waals surface area contributed by atoms with Gasteiger partial charge in [-0.15, -0.1) is 0 Å². The molecule has 2 aromatic rings. The predicted molar refractivity (Wildman–Crippen MR) is 114 cm³/mol. The number of carbonyl (C=O) groups is 3. The summed E-state index contributed by atoms with van der Waals surface area (Å²) in [5.41, 5.74) is 0.706. The van der Waals surface area contributed by atoms with E-state index >= 15 is 0 Å². The van der Waals surface area contributed by atoms with Crippen molar-refractivity contribution < 1.29 is 19.1 Å². The molecule has 1 aromatic carbocycles. The lowest BCUT2D eigenvalue weighted by atomic mass is 10.1. The first-order chi connectivity index (χ1) is 14.8. The molecule has 0 aliphatic carbocycles. The molecule has 1 saturated heterocycles. The molecule has 0 spiro atoms. The van der Waals surface area contributed by atoms with Gasteiger partial charge in [0.25, 0.3) is 5.56 Å². The van der Waals surface area contributed by atoms with Crippen molar-refractivity contribution in [1.29, 1.82) is 0 Å². The average Bonchev–Trinajstić information content (AvgIpc) is 3.14. The van der Waals surface area contributed by atoms with Crippen LogP contribution in [-0.2, 0) is 20.9 Å². The van der Waals surface area contributed by atoms with E-state index in [0.29, 0.717) is 47.3 Å². The molecule has 164 valence electrons. The maximum absolute atomic E-state index is 12.7. The molecule has 3 N–H and O–H groups in total. The lowest BCUT2D eigenvalue weighted by Crippen LogP contribution is -2.36. The molecule has 0 saturated carbocycles. The average molecular weight is 448 g/mol. The normalized spacial score (nSPS) is 15.3. The van der Waals surface area contributed by atoms with Gasteiger partial charge in [0.2, 0.25) is 11.8 Å². The van der Waals surface area contributed by atoms with Crippen LogP contribution in [-0.4, -0.2) is 47.7 Å². The van der Waals surface area contributed by atoms with Crippen molar-refractivity contribution >= 4 is 35.2 Å². The second-order valence-corrected chi connectivity index (χ2v) is 7.53. The molecule has 1 aromatic heterocycles. The van der Waals surface area contributed by atoms with Gasteiger partial charge >= 0.3 is 6.09 Å². The number of hydrogen-bond acceptors (Lipinski definition) is 6. The molecule has 2 heterocycles. The third-order valence-electron chi connectivity index (χ3n) is 4.83. The van der Waals surface area contributed by atoms with Crippen molar-refractivity contribution in [3.8, 4) is 11.3 Å². The number of methoxy groups -OCH3 is 1. The number of nitrogens with zero attached hydrogens (tertiary/aromatic N) is 2. The molecule has 11 heteroatoms. The van der Waals surface area contributed by atoms with E-state index < -0.39 is 11.7 Å². The Morgan fingerprint density at radius 3 is 2.74 bits per heavy atom. The number of benzene rings is 1. The zero-order chi connectivity index (χ0) is 22.5. The SMILES string of the molecule is COC(=O)Nc1cc(Cl)ccc1-c1cc(=O)n(CC(=O)NCC2CNC(=O)C2)c(C)n1. The van der Waals surface area contributed by atoms with Crippen LogP contribution in [0.4, 0.5) is 10.5 Å². The fourth-order valence-corrected chi connectivity index (χ4v) is 3.39. The van der Waals surface area contributed by atoms with Crippen LogP contribution in [0.15, 0.2) is 29.1 Å². The van der Waals surface area contributed by atoms with Gasteiger partial charge in [-0.1, -0.05) is 11.6 Å². The van der Waals surface area contributed by atoms with E-state index in [2.05, 4.69) is 25.7 Å². The number of aromatic nitrogens is 2. The van der Waals surface area contributed by atoms with Crippen LogP contribution >= 0.6 is 11.6 Å². The van der Waals surface area contributed by atoms with Crippen molar-refractivity contribution in [2.45, 2.75) is 19.9 Å². The fourth-order valence-electron chi connectivity index (χ4n) is 3.22. The molecule has 0 bridgehead atoms. The summed E-state index contributed by atoms with van der Waals surface area (Å²) < 4.78 is 5.86. The molecule has 10 nitrogen and oxygen atoms in total. The molecule has 1 atom stereocenters. The maximum Gasteiger partial charge on any atom is 0.411 e. The largest absolute Gasteiger partial charge is 0.453 e. The number of carbonyl (C=O) groups excluding carboxylic acids is 3. The lowest BCUT2D eigenvalue weighted by Gasteiger charge is -2.14. The maximum atomic E-state index is 12.7. The molecule has 3 amide bonds. The van der Waals surface area contributed by atoms with Gasteiger partial charge in [-0.3, -0.25) is 24.3 Å². The Hall–Kier alpha value is -3.40. The summed E-state index contributed by atoms with van der Waals surface area (Å²) in [5, 5.41) is 8.38. The molecule has 3 rings (SSSR count).